The molecular weight excluding hydrogens is 300 g/mol. The first-order chi connectivity index (χ1) is 10.5. The van der Waals surface area contributed by atoms with E-state index in [0.29, 0.717) is 22.4 Å². The molecule has 0 aromatic heterocycles. The Morgan fingerprint density at radius 2 is 2.00 bits per heavy atom. The van der Waals surface area contributed by atoms with E-state index < -0.39 is 9.84 Å². The van der Waals surface area contributed by atoms with Gasteiger partial charge in [-0.1, -0.05) is 12.1 Å². The van der Waals surface area contributed by atoms with Gasteiger partial charge in [-0.2, -0.15) is 5.26 Å². The van der Waals surface area contributed by atoms with Crippen molar-refractivity contribution in [2.24, 2.45) is 0 Å². The van der Waals surface area contributed by atoms with Crippen LogP contribution in [-0.4, -0.2) is 14.3 Å². The second kappa shape index (κ2) is 5.28. The Balaban J connectivity index is 1.92. The van der Waals surface area contributed by atoms with Crippen molar-refractivity contribution in [3.63, 3.8) is 0 Å². The number of hydrogen-bond acceptors (Lipinski definition) is 4. The van der Waals surface area contributed by atoms with Crippen molar-refractivity contribution < 1.29 is 13.2 Å². The number of sulfone groups is 1. The molecule has 0 unspecified atom stereocenters. The molecule has 1 amide bonds. The molecule has 1 aliphatic rings. The lowest BCUT2D eigenvalue weighted by atomic mass is 10.2. The lowest BCUT2D eigenvalue weighted by Gasteiger charge is -2.07. The fourth-order valence-electron chi connectivity index (χ4n) is 2.43. The zero-order valence-electron chi connectivity index (χ0n) is 11.5. The van der Waals surface area contributed by atoms with E-state index in [-0.39, 0.29) is 23.0 Å². The molecule has 0 saturated carbocycles. The molecule has 0 bridgehead atoms. The number of nitrogens with zero attached hydrogens (tertiary/aromatic N) is 1. The summed E-state index contributed by atoms with van der Waals surface area (Å²) in [5.41, 5.74) is 2.34. The summed E-state index contributed by atoms with van der Waals surface area (Å²) >= 11 is 0. The van der Waals surface area contributed by atoms with Crippen molar-refractivity contribution in [3.8, 4) is 6.07 Å². The third-order valence-electron chi connectivity index (χ3n) is 3.47. The second-order valence-corrected chi connectivity index (χ2v) is 7.10. The predicted molar refractivity (Wildman–Crippen MR) is 80.8 cm³/mol. The molecule has 1 N–H and O–H groups in total. The summed E-state index contributed by atoms with van der Waals surface area (Å²) in [4.78, 5) is 11.5. The molecule has 2 aromatic carbocycles. The zero-order chi connectivity index (χ0) is 15.7. The van der Waals surface area contributed by atoms with Gasteiger partial charge in [0.05, 0.1) is 28.7 Å². The van der Waals surface area contributed by atoms with Gasteiger partial charge in [0, 0.05) is 5.69 Å². The van der Waals surface area contributed by atoms with Crippen LogP contribution < -0.4 is 5.32 Å². The number of benzene rings is 2. The fraction of sp³-hybridized carbons (Fsp3) is 0.125. The molecule has 110 valence electrons. The van der Waals surface area contributed by atoms with Gasteiger partial charge in [0.1, 0.15) is 0 Å². The topological polar surface area (TPSA) is 87.0 Å². The first kappa shape index (κ1) is 14.3. The number of carbonyl (C=O) groups excluding carboxylic acids is 1. The van der Waals surface area contributed by atoms with Crippen LogP contribution in [0.2, 0.25) is 0 Å². The van der Waals surface area contributed by atoms with Crippen molar-refractivity contribution in [2.45, 2.75) is 17.1 Å². The average molecular weight is 312 g/mol. The van der Waals surface area contributed by atoms with Crippen LogP contribution in [0.3, 0.4) is 0 Å². The van der Waals surface area contributed by atoms with Crippen molar-refractivity contribution in [2.75, 3.05) is 5.32 Å². The number of fused-ring (bicyclic) bond motifs is 1. The number of amides is 1. The predicted octanol–water partition coefficient (Wildman–Crippen LogP) is 2.03. The van der Waals surface area contributed by atoms with E-state index in [9.17, 15) is 13.2 Å². The van der Waals surface area contributed by atoms with Gasteiger partial charge in [-0.05, 0) is 41.5 Å². The lowest BCUT2D eigenvalue weighted by molar-refractivity contribution is -0.115. The van der Waals surface area contributed by atoms with Crippen LogP contribution >= 0.6 is 0 Å². The van der Waals surface area contributed by atoms with E-state index in [1.54, 1.807) is 30.3 Å². The molecular formula is C16H12N2O3S. The maximum Gasteiger partial charge on any atom is 0.228 e. The minimum Gasteiger partial charge on any atom is -0.326 e. The van der Waals surface area contributed by atoms with Gasteiger partial charge < -0.3 is 5.32 Å². The standard InChI is InChI=1S/C16H12N2O3S/c17-9-11-2-1-3-12(6-11)10-22(20,21)14-4-5-15-13(7-14)8-16(19)18-15/h1-7H,8,10H2,(H,18,19). The third kappa shape index (κ3) is 2.71. The molecule has 22 heavy (non-hydrogen) atoms. The Morgan fingerprint density at radius 3 is 2.77 bits per heavy atom. The summed E-state index contributed by atoms with van der Waals surface area (Å²) in [6.07, 6.45) is 0.197. The maximum absolute atomic E-state index is 12.5. The fourth-order valence-corrected chi connectivity index (χ4v) is 3.81. The summed E-state index contributed by atoms with van der Waals surface area (Å²) in [6, 6.07) is 13.2. The molecule has 0 atom stereocenters. The minimum atomic E-state index is -3.53. The summed E-state index contributed by atoms with van der Waals surface area (Å²) in [5.74, 6) is -0.311. The molecule has 6 heteroatoms. The van der Waals surface area contributed by atoms with Crippen molar-refractivity contribution in [1.29, 1.82) is 5.26 Å². The van der Waals surface area contributed by atoms with E-state index in [2.05, 4.69) is 5.32 Å². The van der Waals surface area contributed by atoms with Crippen LogP contribution in [0, 0.1) is 11.3 Å². The van der Waals surface area contributed by atoms with Gasteiger partial charge in [0.25, 0.3) is 0 Å². The number of carbonyl (C=O) groups is 1. The van der Waals surface area contributed by atoms with E-state index in [4.69, 9.17) is 5.26 Å². The highest BCUT2D eigenvalue weighted by Crippen LogP contribution is 2.27. The van der Waals surface area contributed by atoms with Crippen LogP contribution in [0.15, 0.2) is 47.4 Å². The van der Waals surface area contributed by atoms with Crippen LogP contribution in [-0.2, 0) is 26.8 Å². The smallest absolute Gasteiger partial charge is 0.228 e. The molecule has 3 rings (SSSR count). The Labute approximate surface area is 128 Å². The van der Waals surface area contributed by atoms with Gasteiger partial charge in [-0.25, -0.2) is 8.42 Å². The molecule has 1 aliphatic heterocycles. The maximum atomic E-state index is 12.5. The number of nitriles is 1. The van der Waals surface area contributed by atoms with Crippen LogP contribution in [0.25, 0.3) is 0 Å². The van der Waals surface area contributed by atoms with Crippen LogP contribution in [0.1, 0.15) is 16.7 Å². The van der Waals surface area contributed by atoms with Gasteiger partial charge in [-0.3, -0.25) is 4.79 Å². The summed E-state index contributed by atoms with van der Waals surface area (Å²) in [7, 11) is -3.53. The molecule has 5 nitrogen and oxygen atoms in total. The number of nitrogens with one attached hydrogen (secondary N) is 1. The normalized spacial score (nSPS) is 13.3. The average Bonchev–Trinajstić information content (AvgIpc) is 2.86. The summed E-state index contributed by atoms with van der Waals surface area (Å²) in [5, 5.41) is 11.5. The van der Waals surface area contributed by atoms with Gasteiger partial charge in [0.2, 0.25) is 5.91 Å². The quantitative estimate of drug-likeness (QED) is 0.939. The number of anilines is 1. The highest BCUT2D eigenvalue weighted by molar-refractivity contribution is 7.90. The molecule has 0 spiro atoms. The molecule has 0 saturated heterocycles. The summed E-state index contributed by atoms with van der Waals surface area (Å²) < 4.78 is 25.0. The molecule has 0 fully saturated rings. The Bertz CT molecular complexity index is 911. The number of rotatable bonds is 3. The Kier molecular flexibility index (Phi) is 3.43. The van der Waals surface area contributed by atoms with Gasteiger partial charge in [0.15, 0.2) is 9.84 Å². The van der Waals surface area contributed by atoms with Crippen LogP contribution in [0.4, 0.5) is 5.69 Å². The van der Waals surface area contributed by atoms with Crippen molar-refractivity contribution in [1.82, 2.24) is 0 Å². The Morgan fingerprint density at radius 1 is 1.18 bits per heavy atom. The van der Waals surface area contributed by atoms with E-state index in [1.165, 1.54) is 12.1 Å². The molecule has 0 radical (unpaired) electrons. The minimum absolute atomic E-state index is 0.133. The van der Waals surface area contributed by atoms with Crippen molar-refractivity contribution >= 4 is 21.4 Å². The first-order valence-corrected chi connectivity index (χ1v) is 8.28. The van der Waals surface area contributed by atoms with E-state index in [1.807, 2.05) is 6.07 Å². The highest BCUT2D eigenvalue weighted by atomic mass is 32.2. The van der Waals surface area contributed by atoms with Gasteiger partial charge in [-0.15, -0.1) is 0 Å². The highest BCUT2D eigenvalue weighted by Gasteiger charge is 2.22. The number of hydrogen-bond donors (Lipinski definition) is 1. The zero-order valence-corrected chi connectivity index (χ0v) is 12.4. The largest absolute Gasteiger partial charge is 0.326 e. The first-order valence-electron chi connectivity index (χ1n) is 6.62. The molecule has 0 aliphatic carbocycles. The second-order valence-electron chi connectivity index (χ2n) is 5.12. The third-order valence-corrected chi connectivity index (χ3v) is 5.16. The van der Waals surface area contributed by atoms with Gasteiger partial charge >= 0.3 is 0 Å². The van der Waals surface area contributed by atoms with Crippen LogP contribution in [0.5, 0.6) is 0 Å². The monoisotopic (exact) mass is 312 g/mol. The molecule has 2 aromatic rings. The molecule has 1 heterocycles. The lowest BCUT2D eigenvalue weighted by Crippen LogP contribution is -2.05. The van der Waals surface area contributed by atoms with E-state index >= 15 is 0 Å². The SMILES string of the molecule is N#Cc1cccc(CS(=O)(=O)c2ccc3c(c2)CC(=O)N3)c1. The Hall–Kier alpha value is -2.65. The van der Waals surface area contributed by atoms with Crippen molar-refractivity contribution in [3.05, 3.63) is 59.2 Å². The summed E-state index contributed by atoms with van der Waals surface area (Å²) in [6.45, 7) is 0. The van der Waals surface area contributed by atoms with E-state index in [0.717, 1.165) is 0 Å².